The van der Waals surface area contributed by atoms with Gasteiger partial charge in [-0.05, 0) is 113 Å². The maximum Gasteiger partial charge on any atom is 0.311 e. The minimum Gasteiger partial charge on any atom is -0.459 e. The van der Waals surface area contributed by atoms with Crippen LogP contribution in [-0.4, -0.2) is 172 Å². The minimum atomic E-state index is -1.81. The number of hydrogen-bond acceptors (Lipinski definition) is 14. The first-order valence-electron chi connectivity index (χ1n) is 21.9. The van der Waals surface area contributed by atoms with Crippen molar-refractivity contribution < 1.29 is 58.7 Å². The molecule has 0 saturated carbocycles. The molecular weight excluding hydrogens is 767 g/mol. The predicted molar refractivity (Wildman–Crippen MR) is 226 cm³/mol. The number of likely N-dealkylation sites (N-methyl/N-ethyl adjacent to an activating group) is 1. The molecule has 14 nitrogen and oxygen atoms in total. The van der Waals surface area contributed by atoms with Crippen molar-refractivity contribution >= 4 is 15.2 Å². The largest absolute Gasteiger partial charge is 0.459 e. The standard InChI is InChI=1S/C43H83N2O12P/c1-14-32-43(10,51)36(47)29(6)45(19-17-15-16-18-20-58)24-25(2)22-41(8,50)38(57-40-34(46)31(44(11)12)21-26(3)53-40)27(4)35(28(5)39(49)55-32)56-33-23-42(9,52-13)37(48)30(7)54-33/h25-38,40,46-48,50-51H,14-24,58H2,1-13H3/t25-,26-,27+,28-,29-,30+,31+,32-,33+,34-,35+,36-,37+,38-,40+,41-,42-,43-/m1/s1. The lowest BCUT2D eigenvalue weighted by molar-refractivity contribution is -0.318. The van der Waals surface area contributed by atoms with Crippen LogP contribution >= 0.6 is 9.24 Å². The Kier molecular flexibility index (Phi) is 19.8. The highest BCUT2D eigenvalue weighted by Crippen LogP contribution is 2.40. The number of methoxy groups -OCH3 is 1. The first-order chi connectivity index (χ1) is 26.9. The van der Waals surface area contributed by atoms with Gasteiger partial charge >= 0.3 is 5.97 Å². The Hall–Kier alpha value is -0.580. The summed E-state index contributed by atoms with van der Waals surface area (Å²) >= 11 is 0. The van der Waals surface area contributed by atoms with Crippen LogP contribution in [0, 0.1) is 17.8 Å². The summed E-state index contributed by atoms with van der Waals surface area (Å²) in [7, 11) is 8.08. The Morgan fingerprint density at radius 3 is 2.14 bits per heavy atom. The van der Waals surface area contributed by atoms with Crippen LogP contribution in [0.2, 0.25) is 0 Å². The molecule has 0 bridgehead atoms. The average molecular weight is 851 g/mol. The SMILES string of the molecule is CC[C@H]1OC(=O)[C@H](C)[C@@H](O[C@H]2C[C@@](C)(OC)[C@@H](O)[C@H](C)O2)[C@H](C)[C@@H](O[C@@H]2O[C@H](C)C[C@H](N(C)C)[C@H]2O)[C@](C)(O)C[C@@H](C)CN(CCCCCCP)[C@H](C)[C@@H](O)[C@]1(C)O. The summed E-state index contributed by atoms with van der Waals surface area (Å²) in [5, 5.41) is 59.4. The van der Waals surface area contributed by atoms with Gasteiger partial charge < -0.3 is 58.9 Å². The van der Waals surface area contributed by atoms with Gasteiger partial charge in [-0.3, -0.25) is 9.69 Å². The molecule has 19 atom stereocenters. The molecule has 342 valence electrons. The Labute approximate surface area is 352 Å². The van der Waals surface area contributed by atoms with E-state index in [0.717, 1.165) is 31.8 Å². The number of unbranched alkanes of at least 4 members (excludes halogenated alkanes) is 3. The summed E-state index contributed by atoms with van der Waals surface area (Å²) in [6, 6.07) is -0.796. The second-order valence-corrected chi connectivity index (χ2v) is 19.5. The smallest absolute Gasteiger partial charge is 0.311 e. The van der Waals surface area contributed by atoms with E-state index in [1.807, 2.05) is 39.8 Å². The molecule has 0 aromatic carbocycles. The number of aliphatic hydroxyl groups excluding tert-OH is 3. The minimum absolute atomic E-state index is 0.134. The number of carbonyl (C=O) groups is 1. The molecule has 3 rings (SSSR count). The number of carbonyl (C=O) groups excluding carboxylic acids is 1. The monoisotopic (exact) mass is 851 g/mol. The molecule has 58 heavy (non-hydrogen) atoms. The van der Waals surface area contributed by atoms with Crippen LogP contribution in [0.25, 0.3) is 0 Å². The van der Waals surface area contributed by atoms with Gasteiger partial charge in [-0.1, -0.05) is 33.6 Å². The highest BCUT2D eigenvalue weighted by Gasteiger charge is 2.53. The second kappa shape index (κ2) is 22.2. The number of ether oxygens (including phenoxy) is 6. The number of cyclic esters (lactones) is 1. The summed E-state index contributed by atoms with van der Waals surface area (Å²) in [5.41, 5.74) is -4.40. The summed E-state index contributed by atoms with van der Waals surface area (Å²) < 4.78 is 38.0. The highest BCUT2D eigenvalue weighted by atomic mass is 31.0. The normalized spacial score (nSPS) is 45.7. The van der Waals surface area contributed by atoms with Crippen molar-refractivity contribution in [3.63, 3.8) is 0 Å². The van der Waals surface area contributed by atoms with Gasteiger partial charge in [-0.15, -0.1) is 9.24 Å². The third-order valence-corrected chi connectivity index (χ3v) is 13.8. The van der Waals surface area contributed by atoms with E-state index in [4.69, 9.17) is 28.4 Å². The Morgan fingerprint density at radius 1 is 0.914 bits per heavy atom. The van der Waals surface area contributed by atoms with Crippen molar-refractivity contribution in [1.29, 1.82) is 0 Å². The second-order valence-electron chi connectivity index (χ2n) is 18.9. The van der Waals surface area contributed by atoms with Gasteiger partial charge in [0.15, 0.2) is 12.6 Å². The van der Waals surface area contributed by atoms with E-state index in [9.17, 15) is 30.3 Å². The number of aliphatic hydroxyl groups is 5. The molecule has 15 heteroatoms. The first-order valence-corrected chi connectivity index (χ1v) is 22.7. The molecule has 3 heterocycles. The summed E-state index contributed by atoms with van der Waals surface area (Å²) in [5.74, 6) is -2.58. The van der Waals surface area contributed by atoms with Gasteiger partial charge in [0, 0.05) is 38.1 Å². The molecule has 1 unspecified atom stereocenters. The maximum atomic E-state index is 14.4. The zero-order valence-corrected chi connectivity index (χ0v) is 39.2. The number of esters is 1. The summed E-state index contributed by atoms with van der Waals surface area (Å²) in [6.07, 6.45) is -3.07. The fraction of sp³-hybridized carbons (Fsp3) is 0.977. The van der Waals surface area contributed by atoms with Crippen LogP contribution in [0.15, 0.2) is 0 Å². The van der Waals surface area contributed by atoms with Gasteiger partial charge in [-0.2, -0.15) is 0 Å². The fourth-order valence-electron chi connectivity index (χ4n) is 9.71. The molecule has 3 saturated heterocycles. The van der Waals surface area contributed by atoms with Crippen molar-refractivity contribution in [3.8, 4) is 0 Å². The van der Waals surface area contributed by atoms with Gasteiger partial charge in [0.1, 0.15) is 30.0 Å². The molecule has 0 radical (unpaired) electrons. The van der Waals surface area contributed by atoms with E-state index < -0.39 is 96.0 Å². The first kappa shape index (κ1) is 51.8. The Morgan fingerprint density at radius 2 is 1.55 bits per heavy atom. The summed E-state index contributed by atoms with van der Waals surface area (Å²) in [4.78, 5) is 18.5. The fourth-order valence-corrected chi connectivity index (χ4v) is 10.0. The van der Waals surface area contributed by atoms with Crippen molar-refractivity contribution in [1.82, 2.24) is 9.80 Å². The zero-order valence-electron chi connectivity index (χ0n) is 38.0. The van der Waals surface area contributed by atoms with Crippen molar-refractivity contribution in [2.45, 2.75) is 211 Å². The lowest BCUT2D eigenvalue weighted by Gasteiger charge is -2.48. The van der Waals surface area contributed by atoms with Crippen LogP contribution in [0.5, 0.6) is 0 Å². The molecule has 3 aliphatic heterocycles. The highest BCUT2D eigenvalue weighted by molar-refractivity contribution is 7.16. The lowest BCUT2D eigenvalue weighted by atomic mass is 9.77. The topological polar surface area (TPSA) is 180 Å². The molecule has 0 aromatic heterocycles. The quantitative estimate of drug-likeness (QED) is 0.103. The van der Waals surface area contributed by atoms with E-state index >= 15 is 0 Å². The van der Waals surface area contributed by atoms with Crippen molar-refractivity contribution in [2.24, 2.45) is 17.8 Å². The van der Waals surface area contributed by atoms with Gasteiger partial charge in [-0.25, -0.2) is 0 Å². The van der Waals surface area contributed by atoms with Crippen LogP contribution in [-0.2, 0) is 33.2 Å². The molecule has 0 amide bonds. The predicted octanol–water partition coefficient (Wildman–Crippen LogP) is 3.71. The van der Waals surface area contributed by atoms with E-state index in [0.29, 0.717) is 19.5 Å². The number of hydrogen-bond donors (Lipinski definition) is 5. The van der Waals surface area contributed by atoms with E-state index in [1.54, 1.807) is 34.6 Å². The number of nitrogens with zero attached hydrogens (tertiary/aromatic N) is 2. The van der Waals surface area contributed by atoms with Gasteiger partial charge in [0.2, 0.25) is 0 Å². The maximum absolute atomic E-state index is 14.4. The van der Waals surface area contributed by atoms with Gasteiger partial charge in [0.05, 0.1) is 41.5 Å². The van der Waals surface area contributed by atoms with Crippen molar-refractivity contribution in [3.05, 3.63) is 0 Å². The zero-order chi connectivity index (χ0) is 43.9. The van der Waals surface area contributed by atoms with Gasteiger partial charge in [0.25, 0.3) is 0 Å². The molecule has 0 aromatic rings. The third kappa shape index (κ3) is 12.8. The lowest BCUT2D eigenvalue weighted by Crippen LogP contribution is -2.60. The van der Waals surface area contributed by atoms with Crippen LogP contribution in [0.1, 0.15) is 121 Å². The molecule has 0 aliphatic carbocycles. The van der Waals surface area contributed by atoms with Crippen LogP contribution in [0.4, 0.5) is 0 Å². The molecule has 0 spiro atoms. The van der Waals surface area contributed by atoms with E-state index in [-0.39, 0.29) is 37.3 Å². The van der Waals surface area contributed by atoms with E-state index in [2.05, 4.69) is 21.1 Å². The van der Waals surface area contributed by atoms with Crippen LogP contribution in [0.3, 0.4) is 0 Å². The molecule has 5 N–H and O–H groups in total. The average Bonchev–Trinajstić information content (AvgIpc) is 3.15. The molecular formula is C43H83N2O12P. The third-order valence-electron chi connectivity index (χ3n) is 13.4. The van der Waals surface area contributed by atoms with E-state index in [1.165, 1.54) is 14.0 Å². The number of rotatable bonds is 13. The van der Waals surface area contributed by atoms with Crippen LogP contribution < -0.4 is 0 Å². The Balaban J connectivity index is 2.18. The summed E-state index contributed by atoms with van der Waals surface area (Å²) in [6.45, 7) is 19.1. The molecule has 3 fully saturated rings. The molecule has 3 aliphatic rings. The Bertz CT molecular complexity index is 1250. The van der Waals surface area contributed by atoms with Crippen molar-refractivity contribution in [2.75, 3.05) is 40.5 Å².